The Kier molecular flexibility index (Phi) is 7.57. The van der Waals surface area contributed by atoms with Crippen LogP contribution in [0, 0.1) is 16.0 Å². The van der Waals surface area contributed by atoms with Crippen LogP contribution in [0.1, 0.15) is 26.3 Å². The quantitative estimate of drug-likeness (QED) is 0.396. The molecule has 0 saturated carbocycles. The molecular formula is C20H23N3O4S. The molecule has 0 aliphatic carbocycles. The zero-order valence-corrected chi connectivity index (χ0v) is 16.8. The molecule has 8 heteroatoms. The Balaban J connectivity index is 1.83. The first-order chi connectivity index (χ1) is 13.3. The lowest BCUT2D eigenvalue weighted by Crippen LogP contribution is -2.30. The number of amides is 2. The third kappa shape index (κ3) is 6.38. The van der Waals surface area contributed by atoms with Crippen LogP contribution in [0.25, 0.3) is 0 Å². The van der Waals surface area contributed by atoms with E-state index in [-0.39, 0.29) is 28.7 Å². The number of benzene rings is 2. The molecule has 0 heterocycles. The molecule has 28 heavy (non-hydrogen) atoms. The van der Waals surface area contributed by atoms with Gasteiger partial charge in [-0.2, -0.15) is 0 Å². The van der Waals surface area contributed by atoms with Crippen molar-refractivity contribution >= 4 is 35.0 Å². The van der Waals surface area contributed by atoms with Gasteiger partial charge in [0, 0.05) is 35.2 Å². The molecule has 148 valence electrons. The van der Waals surface area contributed by atoms with Crippen LogP contribution >= 0.6 is 11.8 Å². The lowest BCUT2D eigenvalue weighted by Gasteiger charge is -2.12. The molecule has 0 bridgehead atoms. The van der Waals surface area contributed by atoms with Crippen molar-refractivity contribution in [3.05, 3.63) is 64.2 Å². The summed E-state index contributed by atoms with van der Waals surface area (Å²) in [5.74, 6) is -0.257. The summed E-state index contributed by atoms with van der Waals surface area (Å²) in [5, 5.41) is 16.0. The van der Waals surface area contributed by atoms with E-state index < -0.39 is 4.92 Å². The number of nitrogens with zero attached hydrogens (tertiary/aromatic N) is 1. The van der Waals surface area contributed by atoms with Gasteiger partial charge in [0.15, 0.2) is 0 Å². The summed E-state index contributed by atoms with van der Waals surface area (Å²) in [4.78, 5) is 35.0. The Morgan fingerprint density at radius 2 is 1.61 bits per heavy atom. The minimum absolute atomic E-state index is 0.0227. The highest BCUT2D eigenvalue weighted by Crippen LogP contribution is 2.25. The van der Waals surface area contributed by atoms with Gasteiger partial charge in [0.1, 0.15) is 0 Å². The van der Waals surface area contributed by atoms with Crippen LogP contribution in [0.3, 0.4) is 0 Å². The molecule has 2 rings (SSSR count). The third-order valence-electron chi connectivity index (χ3n) is 3.94. The monoisotopic (exact) mass is 401 g/mol. The summed E-state index contributed by atoms with van der Waals surface area (Å²) in [6.45, 7) is 5.82. The standard InChI is InChI=1S/C20H23N3O4S/c1-13(2)19(24)22-16-6-4-15(5-7-16)12-21-20(25)14(3)28-18-10-8-17(9-11-18)23(26)27/h4-11,13-14H,12H2,1-3H3,(H,21,25)(H,22,24)/t14-/m1/s1. The van der Waals surface area contributed by atoms with Gasteiger partial charge in [0.2, 0.25) is 11.8 Å². The summed E-state index contributed by atoms with van der Waals surface area (Å²) < 4.78 is 0. The number of rotatable bonds is 8. The number of nitro benzene ring substituents is 1. The largest absolute Gasteiger partial charge is 0.351 e. The number of non-ortho nitro benzene ring substituents is 1. The fourth-order valence-electron chi connectivity index (χ4n) is 2.23. The first-order valence-corrected chi connectivity index (χ1v) is 9.73. The Hall–Kier alpha value is -2.87. The number of thioether (sulfide) groups is 1. The van der Waals surface area contributed by atoms with Crippen LogP contribution in [-0.4, -0.2) is 22.0 Å². The van der Waals surface area contributed by atoms with Gasteiger partial charge < -0.3 is 10.6 Å². The molecule has 0 radical (unpaired) electrons. The molecule has 0 spiro atoms. The SMILES string of the molecule is CC(C)C(=O)Nc1ccc(CNC(=O)[C@@H](C)Sc2ccc([N+](=O)[O-])cc2)cc1. The maximum absolute atomic E-state index is 12.3. The first kappa shape index (κ1) is 21.4. The lowest BCUT2D eigenvalue weighted by atomic mass is 10.1. The molecule has 0 aliphatic rings. The number of nitrogens with one attached hydrogen (secondary N) is 2. The smallest absolute Gasteiger partial charge is 0.269 e. The normalized spacial score (nSPS) is 11.7. The van der Waals surface area contributed by atoms with Gasteiger partial charge >= 0.3 is 0 Å². The molecular weight excluding hydrogens is 378 g/mol. The van der Waals surface area contributed by atoms with Crippen molar-refractivity contribution in [1.29, 1.82) is 0 Å². The Morgan fingerprint density at radius 3 is 2.14 bits per heavy atom. The third-order valence-corrected chi connectivity index (χ3v) is 5.05. The predicted octanol–water partition coefficient (Wildman–Crippen LogP) is 3.99. The van der Waals surface area contributed by atoms with Crippen LogP contribution in [0.15, 0.2) is 53.4 Å². The van der Waals surface area contributed by atoms with E-state index in [1.165, 1.54) is 23.9 Å². The van der Waals surface area contributed by atoms with E-state index >= 15 is 0 Å². The van der Waals surface area contributed by atoms with Crippen molar-refractivity contribution in [2.75, 3.05) is 5.32 Å². The van der Waals surface area contributed by atoms with Crippen molar-refractivity contribution < 1.29 is 14.5 Å². The zero-order chi connectivity index (χ0) is 20.7. The number of hydrogen-bond donors (Lipinski definition) is 2. The molecule has 0 aliphatic heterocycles. The summed E-state index contributed by atoms with van der Waals surface area (Å²) in [5.41, 5.74) is 1.66. The first-order valence-electron chi connectivity index (χ1n) is 8.85. The fraction of sp³-hybridized carbons (Fsp3) is 0.300. The molecule has 0 fully saturated rings. The second kappa shape index (κ2) is 9.89. The van der Waals surface area contributed by atoms with Gasteiger partial charge in [-0.05, 0) is 36.8 Å². The molecule has 1 atom stereocenters. The molecule has 0 aromatic heterocycles. The highest BCUT2D eigenvalue weighted by molar-refractivity contribution is 8.00. The van der Waals surface area contributed by atoms with Crippen LogP contribution < -0.4 is 10.6 Å². The van der Waals surface area contributed by atoms with Crippen molar-refractivity contribution in [3.63, 3.8) is 0 Å². The van der Waals surface area contributed by atoms with E-state index in [1.54, 1.807) is 31.2 Å². The van der Waals surface area contributed by atoms with Crippen LogP contribution in [0.4, 0.5) is 11.4 Å². The molecule has 7 nitrogen and oxygen atoms in total. The topological polar surface area (TPSA) is 101 Å². The predicted molar refractivity (Wildman–Crippen MR) is 110 cm³/mol. The second-order valence-electron chi connectivity index (χ2n) is 6.57. The van der Waals surface area contributed by atoms with E-state index in [4.69, 9.17) is 0 Å². The van der Waals surface area contributed by atoms with Gasteiger partial charge in [-0.1, -0.05) is 26.0 Å². The van der Waals surface area contributed by atoms with Crippen LogP contribution in [0.5, 0.6) is 0 Å². The van der Waals surface area contributed by atoms with Gasteiger partial charge in [0.05, 0.1) is 10.2 Å². The zero-order valence-electron chi connectivity index (χ0n) is 16.0. The minimum Gasteiger partial charge on any atom is -0.351 e. The maximum atomic E-state index is 12.3. The van der Waals surface area contributed by atoms with Crippen LogP contribution in [0.2, 0.25) is 0 Å². The maximum Gasteiger partial charge on any atom is 0.269 e. The van der Waals surface area contributed by atoms with Gasteiger partial charge in [-0.15, -0.1) is 11.8 Å². The van der Waals surface area contributed by atoms with Crippen LogP contribution in [-0.2, 0) is 16.1 Å². The highest BCUT2D eigenvalue weighted by Gasteiger charge is 2.15. The van der Waals surface area contributed by atoms with Crippen molar-refractivity contribution in [3.8, 4) is 0 Å². The van der Waals surface area contributed by atoms with Crippen molar-refractivity contribution in [2.45, 2.75) is 37.5 Å². The average Bonchev–Trinajstić information content (AvgIpc) is 2.67. The number of hydrogen-bond acceptors (Lipinski definition) is 5. The molecule has 2 aromatic carbocycles. The summed E-state index contributed by atoms with van der Waals surface area (Å²) in [6.07, 6.45) is 0. The Labute approximate surface area is 168 Å². The summed E-state index contributed by atoms with van der Waals surface area (Å²) in [6, 6.07) is 13.4. The summed E-state index contributed by atoms with van der Waals surface area (Å²) >= 11 is 1.34. The number of carbonyl (C=O) groups excluding carboxylic acids is 2. The fourth-order valence-corrected chi connectivity index (χ4v) is 3.12. The lowest BCUT2D eigenvalue weighted by molar-refractivity contribution is -0.384. The number of nitro groups is 1. The molecule has 2 amide bonds. The Bertz CT molecular complexity index is 836. The van der Waals surface area contributed by atoms with Gasteiger partial charge in [-0.3, -0.25) is 19.7 Å². The van der Waals surface area contributed by atoms with E-state index in [0.717, 1.165) is 16.1 Å². The van der Waals surface area contributed by atoms with E-state index in [0.29, 0.717) is 6.54 Å². The molecule has 0 unspecified atom stereocenters. The number of carbonyl (C=O) groups is 2. The van der Waals surface area contributed by atoms with Crippen molar-refractivity contribution in [1.82, 2.24) is 5.32 Å². The molecule has 2 N–H and O–H groups in total. The highest BCUT2D eigenvalue weighted by atomic mass is 32.2. The number of anilines is 1. The molecule has 2 aromatic rings. The van der Waals surface area contributed by atoms with E-state index in [9.17, 15) is 19.7 Å². The average molecular weight is 401 g/mol. The van der Waals surface area contributed by atoms with Gasteiger partial charge in [-0.25, -0.2) is 0 Å². The van der Waals surface area contributed by atoms with Gasteiger partial charge in [0.25, 0.3) is 5.69 Å². The summed E-state index contributed by atoms with van der Waals surface area (Å²) in [7, 11) is 0. The van der Waals surface area contributed by atoms with E-state index in [2.05, 4.69) is 10.6 Å². The van der Waals surface area contributed by atoms with E-state index in [1.807, 2.05) is 26.0 Å². The second-order valence-corrected chi connectivity index (χ2v) is 7.98. The molecule has 0 saturated heterocycles. The minimum atomic E-state index is -0.454. The van der Waals surface area contributed by atoms with Crippen molar-refractivity contribution in [2.24, 2.45) is 5.92 Å². The Morgan fingerprint density at radius 1 is 1.00 bits per heavy atom.